The lowest BCUT2D eigenvalue weighted by Crippen LogP contribution is -2.37. The summed E-state index contributed by atoms with van der Waals surface area (Å²) in [7, 11) is 0. The molecule has 3 unspecified atom stereocenters. The Hall–Kier alpha value is -1.79. The lowest BCUT2D eigenvalue weighted by molar-refractivity contribution is -0.126. The Morgan fingerprint density at radius 1 is 1.14 bits per heavy atom. The van der Waals surface area contributed by atoms with Gasteiger partial charge in [-0.15, -0.1) is 0 Å². The van der Waals surface area contributed by atoms with E-state index in [9.17, 15) is 4.79 Å². The average Bonchev–Trinajstić information content (AvgIpc) is 2.99. The van der Waals surface area contributed by atoms with Crippen LogP contribution in [-0.4, -0.2) is 45.0 Å². The molecule has 3 aliphatic rings. The Balaban J connectivity index is 1.50. The molecule has 4 rings (SSSR count). The van der Waals surface area contributed by atoms with Crippen LogP contribution < -0.4 is 14.8 Å². The Morgan fingerprint density at radius 2 is 2.05 bits per heavy atom. The maximum atomic E-state index is 12.6. The Morgan fingerprint density at radius 3 is 3.00 bits per heavy atom. The van der Waals surface area contributed by atoms with E-state index in [-0.39, 0.29) is 11.8 Å². The van der Waals surface area contributed by atoms with E-state index < -0.39 is 6.10 Å². The number of benzene rings is 1. The van der Waals surface area contributed by atoms with Gasteiger partial charge in [0, 0.05) is 18.4 Å². The lowest BCUT2D eigenvalue weighted by atomic mass is 9.86. The van der Waals surface area contributed by atoms with E-state index in [1.165, 1.54) is 0 Å². The van der Waals surface area contributed by atoms with Crippen LogP contribution in [-0.2, 0) is 14.3 Å². The van der Waals surface area contributed by atoms with Crippen LogP contribution in [0, 0.1) is 11.8 Å². The molecule has 3 aliphatic heterocycles. The van der Waals surface area contributed by atoms with Crippen molar-refractivity contribution in [3.63, 3.8) is 0 Å². The number of para-hydroxylation sites is 1. The van der Waals surface area contributed by atoms with Crippen LogP contribution >= 0.6 is 0 Å². The molecule has 0 bridgehead atoms. The summed E-state index contributed by atoms with van der Waals surface area (Å²) in [5, 5.41) is 2.94. The summed E-state index contributed by atoms with van der Waals surface area (Å²) >= 11 is 0. The number of carbonyl (C=O) groups excluding carboxylic acids is 1. The SMILES string of the molecule is O=C(Nc1cccc2c1OCCO2)C1OCC2COCCC21. The summed E-state index contributed by atoms with van der Waals surface area (Å²) in [5.74, 6) is 1.72. The molecule has 118 valence electrons. The van der Waals surface area contributed by atoms with E-state index in [0.29, 0.717) is 56.1 Å². The van der Waals surface area contributed by atoms with Gasteiger partial charge in [-0.05, 0) is 18.6 Å². The number of anilines is 1. The third kappa shape index (κ3) is 2.42. The van der Waals surface area contributed by atoms with Gasteiger partial charge in [0.15, 0.2) is 11.5 Å². The quantitative estimate of drug-likeness (QED) is 0.896. The zero-order chi connectivity index (χ0) is 14.9. The molecule has 22 heavy (non-hydrogen) atoms. The first-order valence-corrected chi connectivity index (χ1v) is 7.72. The summed E-state index contributed by atoms with van der Waals surface area (Å²) in [5.41, 5.74) is 0.640. The summed E-state index contributed by atoms with van der Waals surface area (Å²) in [4.78, 5) is 12.6. The first-order valence-electron chi connectivity index (χ1n) is 7.72. The molecule has 1 aromatic carbocycles. The number of nitrogens with one attached hydrogen (secondary N) is 1. The van der Waals surface area contributed by atoms with Crippen molar-refractivity contribution < 1.29 is 23.7 Å². The highest BCUT2D eigenvalue weighted by molar-refractivity contribution is 5.96. The van der Waals surface area contributed by atoms with E-state index in [4.69, 9.17) is 18.9 Å². The number of fused-ring (bicyclic) bond motifs is 2. The van der Waals surface area contributed by atoms with E-state index in [1.807, 2.05) is 18.2 Å². The Kier molecular flexibility index (Phi) is 3.63. The molecule has 2 saturated heterocycles. The maximum Gasteiger partial charge on any atom is 0.253 e. The summed E-state index contributed by atoms with van der Waals surface area (Å²) < 4.78 is 22.3. The first kappa shape index (κ1) is 13.8. The minimum Gasteiger partial charge on any atom is -0.486 e. The Bertz CT molecular complexity index is 576. The van der Waals surface area contributed by atoms with Crippen molar-refractivity contribution in [1.82, 2.24) is 0 Å². The zero-order valence-electron chi connectivity index (χ0n) is 12.2. The molecule has 6 heteroatoms. The van der Waals surface area contributed by atoms with Gasteiger partial charge in [0.1, 0.15) is 19.3 Å². The zero-order valence-corrected chi connectivity index (χ0v) is 12.2. The van der Waals surface area contributed by atoms with Crippen molar-refractivity contribution in [2.45, 2.75) is 12.5 Å². The average molecular weight is 305 g/mol. The summed E-state index contributed by atoms with van der Waals surface area (Å²) in [6, 6.07) is 5.50. The molecular weight excluding hydrogens is 286 g/mol. The van der Waals surface area contributed by atoms with Gasteiger partial charge >= 0.3 is 0 Å². The van der Waals surface area contributed by atoms with Gasteiger partial charge < -0.3 is 24.3 Å². The smallest absolute Gasteiger partial charge is 0.253 e. The molecule has 1 amide bonds. The molecule has 1 N–H and O–H groups in total. The maximum absolute atomic E-state index is 12.6. The Labute approximate surface area is 128 Å². The number of carbonyl (C=O) groups is 1. The predicted molar refractivity (Wildman–Crippen MR) is 78.2 cm³/mol. The normalized spacial score (nSPS) is 29.7. The molecule has 3 atom stereocenters. The van der Waals surface area contributed by atoms with Gasteiger partial charge in [-0.25, -0.2) is 0 Å². The lowest BCUT2D eigenvalue weighted by Gasteiger charge is -2.27. The number of hydrogen-bond acceptors (Lipinski definition) is 5. The molecule has 0 radical (unpaired) electrons. The van der Waals surface area contributed by atoms with Crippen LogP contribution in [0.1, 0.15) is 6.42 Å². The van der Waals surface area contributed by atoms with Crippen LogP contribution in [0.25, 0.3) is 0 Å². The van der Waals surface area contributed by atoms with Crippen LogP contribution in [0.4, 0.5) is 5.69 Å². The number of amides is 1. The van der Waals surface area contributed by atoms with E-state index >= 15 is 0 Å². The first-order chi connectivity index (χ1) is 10.8. The van der Waals surface area contributed by atoms with Crippen LogP contribution in [0.2, 0.25) is 0 Å². The standard InChI is InChI=1S/C16H19NO5/c18-16(14-11-4-5-19-8-10(11)9-22-14)17-12-2-1-3-13-15(12)21-7-6-20-13/h1-3,10-11,14H,4-9H2,(H,17,18). The molecule has 0 saturated carbocycles. The second kappa shape index (κ2) is 5.78. The third-order valence-electron chi connectivity index (χ3n) is 4.49. The highest BCUT2D eigenvalue weighted by Crippen LogP contribution is 2.38. The van der Waals surface area contributed by atoms with Crippen molar-refractivity contribution in [2.24, 2.45) is 11.8 Å². The highest BCUT2D eigenvalue weighted by atomic mass is 16.6. The van der Waals surface area contributed by atoms with Gasteiger partial charge in [0.2, 0.25) is 0 Å². The number of rotatable bonds is 2. The fourth-order valence-corrected chi connectivity index (χ4v) is 3.38. The minimum absolute atomic E-state index is 0.114. The van der Waals surface area contributed by atoms with Crippen molar-refractivity contribution in [3.8, 4) is 11.5 Å². The molecule has 1 aromatic rings. The second-order valence-corrected chi connectivity index (χ2v) is 5.86. The van der Waals surface area contributed by atoms with Gasteiger partial charge in [-0.1, -0.05) is 6.07 Å². The summed E-state index contributed by atoms with van der Waals surface area (Å²) in [6.45, 7) is 3.00. The van der Waals surface area contributed by atoms with E-state index in [0.717, 1.165) is 6.42 Å². The van der Waals surface area contributed by atoms with Crippen molar-refractivity contribution in [3.05, 3.63) is 18.2 Å². The molecule has 2 fully saturated rings. The second-order valence-electron chi connectivity index (χ2n) is 5.86. The van der Waals surface area contributed by atoms with Crippen LogP contribution in [0.5, 0.6) is 11.5 Å². The molecule has 0 aliphatic carbocycles. The van der Waals surface area contributed by atoms with Gasteiger partial charge in [-0.3, -0.25) is 4.79 Å². The third-order valence-corrected chi connectivity index (χ3v) is 4.49. The van der Waals surface area contributed by atoms with Crippen LogP contribution in [0.15, 0.2) is 18.2 Å². The fourth-order valence-electron chi connectivity index (χ4n) is 3.38. The van der Waals surface area contributed by atoms with Gasteiger partial charge in [0.05, 0.1) is 18.9 Å². The van der Waals surface area contributed by atoms with Crippen molar-refractivity contribution in [1.29, 1.82) is 0 Å². The van der Waals surface area contributed by atoms with Crippen molar-refractivity contribution >= 4 is 11.6 Å². The molecule has 3 heterocycles. The largest absolute Gasteiger partial charge is 0.486 e. The monoisotopic (exact) mass is 305 g/mol. The van der Waals surface area contributed by atoms with Gasteiger partial charge in [0.25, 0.3) is 5.91 Å². The molecular formula is C16H19NO5. The number of hydrogen-bond donors (Lipinski definition) is 1. The van der Waals surface area contributed by atoms with Crippen LogP contribution in [0.3, 0.4) is 0 Å². The van der Waals surface area contributed by atoms with E-state index in [2.05, 4.69) is 5.32 Å². The molecule has 0 spiro atoms. The predicted octanol–water partition coefficient (Wildman–Crippen LogP) is 1.45. The van der Waals surface area contributed by atoms with Gasteiger partial charge in [-0.2, -0.15) is 0 Å². The molecule has 6 nitrogen and oxygen atoms in total. The fraction of sp³-hybridized carbons (Fsp3) is 0.562. The minimum atomic E-state index is -0.408. The number of ether oxygens (including phenoxy) is 4. The topological polar surface area (TPSA) is 66.0 Å². The van der Waals surface area contributed by atoms with Crippen molar-refractivity contribution in [2.75, 3.05) is 38.4 Å². The molecule has 0 aromatic heterocycles. The van der Waals surface area contributed by atoms with E-state index in [1.54, 1.807) is 0 Å². The highest BCUT2D eigenvalue weighted by Gasteiger charge is 2.43. The summed E-state index contributed by atoms with van der Waals surface area (Å²) in [6.07, 6.45) is 0.462.